The van der Waals surface area contributed by atoms with Gasteiger partial charge in [-0.1, -0.05) is 0 Å². The van der Waals surface area contributed by atoms with Crippen molar-refractivity contribution < 1.29 is 21.9 Å². The minimum atomic E-state index is -3.15. The molecule has 0 amide bonds. The van der Waals surface area contributed by atoms with Gasteiger partial charge in [0, 0.05) is 12.1 Å². The Hall–Kier alpha value is -0.180. The molecule has 6 nitrogen and oxygen atoms in total. The fourth-order valence-electron chi connectivity index (χ4n) is 2.35. The second-order valence-corrected chi connectivity index (χ2v) is 9.30. The molecular weight excluding hydrogens is 266 g/mol. The lowest BCUT2D eigenvalue weighted by molar-refractivity contribution is 0.157. The minimum Gasteiger partial charge on any atom is -0.390 e. The quantitative estimate of drug-likeness (QED) is 0.627. The Morgan fingerprint density at radius 1 is 0.941 bits per heavy atom. The second-order valence-electron chi connectivity index (χ2n) is 4.84. The van der Waals surface area contributed by atoms with Crippen molar-refractivity contribution in [2.75, 3.05) is 23.0 Å². The molecule has 0 spiro atoms. The molecular formula is C9H17NO5S2. The van der Waals surface area contributed by atoms with Gasteiger partial charge in [0.1, 0.15) is 9.84 Å². The standard InChI is InChI=1S/C9H17NO5S2/c11-9-6-17(14,15)5-8(9)10-7-1-3-16(12,13)4-2-7/h7-11H,1-6H2. The van der Waals surface area contributed by atoms with Crippen molar-refractivity contribution in [2.24, 2.45) is 0 Å². The summed E-state index contributed by atoms with van der Waals surface area (Å²) in [6.45, 7) is 0. The first-order valence-corrected chi connectivity index (χ1v) is 9.27. The largest absolute Gasteiger partial charge is 0.390 e. The normalized spacial score (nSPS) is 37.0. The molecule has 17 heavy (non-hydrogen) atoms. The maximum absolute atomic E-state index is 11.3. The number of aliphatic hydroxyl groups is 1. The molecule has 8 heteroatoms. The molecule has 0 aromatic carbocycles. The first-order valence-electron chi connectivity index (χ1n) is 5.62. The van der Waals surface area contributed by atoms with E-state index >= 15 is 0 Å². The SMILES string of the molecule is O=S1(=O)CCC(NC2CS(=O)(=O)CC2O)CC1. The topological polar surface area (TPSA) is 101 Å². The first kappa shape index (κ1) is 13.3. The summed E-state index contributed by atoms with van der Waals surface area (Å²) in [4.78, 5) is 0. The van der Waals surface area contributed by atoms with Crippen LogP contribution in [0.15, 0.2) is 0 Å². The number of nitrogens with one attached hydrogen (secondary N) is 1. The zero-order valence-corrected chi connectivity index (χ0v) is 11.0. The Balaban J connectivity index is 1.91. The van der Waals surface area contributed by atoms with Gasteiger partial charge in [0.2, 0.25) is 0 Å². The molecule has 2 atom stereocenters. The fourth-order valence-corrected chi connectivity index (χ4v) is 5.59. The molecule has 2 heterocycles. The van der Waals surface area contributed by atoms with E-state index < -0.39 is 31.8 Å². The Bertz CT molecular complexity index is 470. The second kappa shape index (κ2) is 4.49. The summed E-state index contributed by atoms with van der Waals surface area (Å²) < 4.78 is 45.1. The van der Waals surface area contributed by atoms with Crippen LogP contribution in [0, 0.1) is 0 Å². The van der Waals surface area contributed by atoms with E-state index in [0.717, 1.165) is 0 Å². The van der Waals surface area contributed by atoms with Crippen LogP contribution in [-0.4, -0.2) is 63.1 Å². The Morgan fingerprint density at radius 3 is 2.00 bits per heavy atom. The van der Waals surface area contributed by atoms with Gasteiger partial charge in [-0.15, -0.1) is 0 Å². The van der Waals surface area contributed by atoms with Gasteiger partial charge in [-0.3, -0.25) is 0 Å². The van der Waals surface area contributed by atoms with E-state index in [1.807, 2.05) is 0 Å². The molecule has 100 valence electrons. The van der Waals surface area contributed by atoms with Gasteiger partial charge in [0.15, 0.2) is 9.84 Å². The molecule has 2 fully saturated rings. The highest BCUT2D eigenvalue weighted by molar-refractivity contribution is 7.91. The summed E-state index contributed by atoms with van der Waals surface area (Å²) in [6, 6.07) is -0.461. The van der Waals surface area contributed by atoms with Crippen LogP contribution in [-0.2, 0) is 19.7 Å². The van der Waals surface area contributed by atoms with Gasteiger partial charge in [0.05, 0.1) is 29.1 Å². The smallest absolute Gasteiger partial charge is 0.154 e. The number of hydrogen-bond donors (Lipinski definition) is 2. The lowest BCUT2D eigenvalue weighted by Crippen LogP contribution is -2.47. The fraction of sp³-hybridized carbons (Fsp3) is 1.00. The summed E-state index contributed by atoms with van der Waals surface area (Å²) in [5.74, 6) is 0.0214. The van der Waals surface area contributed by atoms with Crippen molar-refractivity contribution in [3.8, 4) is 0 Å². The Kier molecular flexibility index (Phi) is 3.50. The number of rotatable bonds is 2. The highest BCUT2D eigenvalue weighted by atomic mass is 32.2. The Morgan fingerprint density at radius 2 is 1.53 bits per heavy atom. The summed E-state index contributed by atoms with van der Waals surface area (Å²) in [6.07, 6.45) is 0.107. The molecule has 2 N–H and O–H groups in total. The third-order valence-corrected chi connectivity index (χ3v) is 6.76. The molecule has 0 aromatic rings. The predicted molar refractivity (Wildman–Crippen MR) is 63.3 cm³/mol. The van der Waals surface area contributed by atoms with E-state index in [1.165, 1.54) is 0 Å². The van der Waals surface area contributed by atoms with Crippen molar-refractivity contribution in [3.63, 3.8) is 0 Å². The molecule has 2 aliphatic rings. The van der Waals surface area contributed by atoms with Crippen molar-refractivity contribution in [1.82, 2.24) is 5.32 Å². The van der Waals surface area contributed by atoms with Crippen LogP contribution < -0.4 is 5.32 Å². The first-order chi connectivity index (χ1) is 7.77. The molecule has 0 saturated carbocycles. The number of sulfone groups is 2. The van der Waals surface area contributed by atoms with E-state index in [9.17, 15) is 21.9 Å². The lowest BCUT2D eigenvalue weighted by atomic mass is 10.1. The molecule has 2 aliphatic heterocycles. The van der Waals surface area contributed by atoms with Crippen LogP contribution in [0.1, 0.15) is 12.8 Å². The summed E-state index contributed by atoms with van der Waals surface area (Å²) in [7, 11) is -6.06. The monoisotopic (exact) mass is 283 g/mol. The summed E-state index contributed by atoms with van der Waals surface area (Å²) in [5.41, 5.74) is 0. The maximum atomic E-state index is 11.3. The van der Waals surface area contributed by atoms with Crippen molar-refractivity contribution >= 4 is 19.7 Å². The zero-order valence-electron chi connectivity index (χ0n) is 9.37. The highest BCUT2D eigenvalue weighted by Crippen LogP contribution is 2.17. The minimum absolute atomic E-state index is 0.00789. The van der Waals surface area contributed by atoms with E-state index in [4.69, 9.17) is 0 Å². The van der Waals surface area contributed by atoms with Gasteiger partial charge in [-0.2, -0.15) is 0 Å². The third-order valence-electron chi connectivity index (χ3n) is 3.33. The van der Waals surface area contributed by atoms with Gasteiger partial charge >= 0.3 is 0 Å². The molecule has 2 rings (SSSR count). The van der Waals surface area contributed by atoms with E-state index in [1.54, 1.807) is 0 Å². The lowest BCUT2D eigenvalue weighted by Gasteiger charge is -2.27. The van der Waals surface area contributed by atoms with Gasteiger partial charge in [0.25, 0.3) is 0 Å². The van der Waals surface area contributed by atoms with Gasteiger partial charge < -0.3 is 10.4 Å². The molecule has 0 aliphatic carbocycles. The van der Waals surface area contributed by atoms with Crippen LogP contribution in [0.3, 0.4) is 0 Å². The van der Waals surface area contributed by atoms with Crippen molar-refractivity contribution in [2.45, 2.75) is 31.0 Å². The summed E-state index contributed by atoms with van der Waals surface area (Å²) in [5, 5.41) is 12.7. The molecule has 0 bridgehead atoms. The highest BCUT2D eigenvalue weighted by Gasteiger charge is 2.38. The van der Waals surface area contributed by atoms with Crippen molar-refractivity contribution in [3.05, 3.63) is 0 Å². The predicted octanol–water partition coefficient (Wildman–Crippen LogP) is -1.69. The average molecular weight is 283 g/mol. The molecule has 0 aromatic heterocycles. The third kappa shape index (κ3) is 3.40. The summed E-state index contributed by atoms with van der Waals surface area (Å²) >= 11 is 0. The van der Waals surface area contributed by atoms with Gasteiger partial charge in [-0.25, -0.2) is 16.8 Å². The maximum Gasteiger partial charge on any atom is 0.154 e. The molecule has 2 unspecified atom stereocenters. The number of hydrogen-bond acceptors (Lipinski definition) is 6. The van der Waals surface area contributed by atoms with Crippen LogP contribution in [0.4, 0.5) is 0 Å². The Labute approximate surface area is 101 Å². The zero-order chi connectivity index (χ0) is 12.7. The van der Waals surface area contributed by atoms with Crippen molar-refractivity contribution in [1.29, 1.82) is 0 Å². The van der Waals surface area contributed by atoms with Crippen LogP contribution in [0.5, 0.6) is 0 Å². The van der Waals surface area contributed by atoms with Gasteiger partial charge in [-0.05, 0) is 12.8 Å². The van der Waals surface area contributed by atoms with Crippen LogP contribution >= 0.6 is 0 Å². The van der Waals surface area contributed by atoms with Crippen LogP contribution in [0.25, 0.3) is 0 Å². The van der Waals surface area contributed by atoms with Crippen LogP contribution in [0.2, 0.25) is 0 Å². The van der Waals surface area contributed by atoms with E-state index in [2.05, 4.69) is 5.32 Å². The molecule has 2 saturated heterocycles. The van der Waals surface area contributed by atoms with E-state index in [0.29, 0.717) is 12.8 Å². The number of aliphatic hydroxyl groups excluding tert-OH is 1. The average Bonchev–Trinajstić information content (AvgIpc) is 2.43. The molecule has 0 radical (unpaired) electrons. The van der Waals surface area contributed by atoms with E-state index in [-0.39, 0.29) is 29.1 Å².